The van der Waals surface area contributed by atoms with Crippen molar-refractivity contribution in [1.82, 2.24) is 5.32 Å². The number of nitro groups is 1. The zero-order chi connectivity index (χ0) is 13.1. The lowest BCUT2D eigenvalue weighted by atomic mass is 10.0. The third-order valence-electron chi connectivity index (χ3n) is 2.62. The van der Waals surface area contributed by atoms with Gasteiger partial charge in [-0.2, -0.15) is 0 Å². The molecule has 0 unspecified atom stereocenters. The summed E-state index contributed by atoms with van der Waals surface area (Å²) >= 11 is 0. The van der Waals surface area contributed by atoms with Gasteiger partial charge >= 0.3 is 0 Å². The highest BCUT2D eigenvalue weighted by Gasteiger charge is 2.30. The third kappa shape index (κ3) is 2.15. The van der Waals surface area contributed by atoms with Crippen molar-refractivity contribution in [3.05, 3.63) is 39.9 Å². The van der Waals surface area contributed by atoms with Gasteiger partial charge in [-0.25, -0.2) is 0 Å². The molecule has 18 heavy (non-hydrogen) atoms. The molecule has 0 aliphatic carbocycles. The van der Waals surface area contributed by atoms with E-state index >= 15 is 0 Å². The second-order valence-electron chi connectivity index (χ2n) is 3.72. The molecule has 7 heteroatoms. The van der Waals surface area contributed by atoms with Crippen molar-refractivity contribution in [2.45, 2.75) is 12.5 Å². The molecule has 0 saturated heterocycles. The van der Waals surface area contributed by atoms with Crippen LogP contribution in [0.1, 0.15) is 12.0 Å². The largest absolute Gasteiger partial charge is 0.382 e. The molecule has 0 radical (unpaired) electrons. The number of carbonyl (C=O) groups is 1. The molecule has 7 nitrogen and oxygen atoms in total. The smallest absolute Gasteiger partial charge is 0.278 e. The lowest BCUT2D eigenvalue weighted by molar-refractivity contribution is -0.385. The number of carbonyl (C=O) groups excluding carboxylic acids is 1. The van der Waals surface area contributed by atoms with Gasteiger partial charge in [0, 0.05) is 19.5 Å². The maximum absolute atomic E-state index is 11.4. The fraction of sp³-hybridized carbons (Fsp3) is 0.273. The minimum absolute atomic E-state index is 0.0441. The Hall–Kier alpha value is -2.44. The van der Waals surface area contributed by atoms with Gasteiger partial charge in [-0.15, -0.1) is 0 Å². The number of nitrogens with one attached hydrogen (secondary N) is 1. The zero-order valence-electron chi connectivity index (χ0n) is 9.62. The normalized spacial score (nSPS) is 17.8. The second kappa shape index (κ2) is 4.82. The maximum atomic E-state index is 11.4. The number of nitrogens with zero attached hydrogens (tertiary/aromatic N) is 2. The van der Waals surface area contributed by atoms with Crippen LogP contribution in [0.15, 0.2) is 29.4 Å². The van der Waals surface area contributed by atoms with Crippen LogP contribution in [0.25, 0.3) is 0 Å². The summed E-state index contributed by atoms with van der Waals surface area (Å²) in [6.45, 7) is 0. The molecule has 1 amide bonds. The number of amides is 1. The van der Waals surface area contributed by atoms with E-state index in [-0.39, 0.29) is 18.0 Å². The number of benzene rings is 1. The van der Waals surface area contributed by atoms with Crippen LogP contribution in [0.3, 0.4) is 0 Å². The Morgan fingerprint density at radius 2 is 2.28 bits per heavy atom. The van der Waals surface area contributed by atoms with Gasteiger partial charge in [0.2, 0.25) is 6.10 Å². The van der Waals surface area contributed by atoms with E-state index < -0.39 is 11.0 Å². The first kappa shape index (κ1) is 12.0. The molecule has 0 spiro atoms. The first-order valence-corrected chi connectivity index (χ1v) is 5.31. The molecule has 1 aromatic rings. The molecule has 1 atom stereocenters. The monoisotopic (exact) mass is 249 g/mol. The summed E-state index contributed by atoms with van der Waals surface area (Å²) in [6.07, 6.45) is -0.491. The summed E-state index contributed by atoms with van der Waals surface area (Å²) in [6, 6.07) is 6.24. The Balaban J connectivity index is 2.25. The van der Waals surface area contributed by atoms with E-state index in [9.17, 15) is 14.9 Å². The van der Waals surface area contributed by atoms with Crippen LogP contribution >= 0.6 is 0 Å². The lowest BCUT2D eigenvalue weighted by Gasteiger charge is -2.05. The van der Waals surface area contributed by atoms with Gasteiger partial charge in [-0.05, 0) is 6.07 Å². The van der Waals surface area contributed by atoms with Crippen molar-refractivity contribution in [1.29, 1.82) is 0 Å². The van der Waals surface area contributed by atoms with Gasteiger partial charge < -0.3 is 10.2 Å². The van der Waals surface area contributed by atoms with Crippen LogP contribution in [0.5, 0.6) is 0 Å². The highest BCUT2D eigenvalue weighted by Crippen LogP contribution is 2.24. The average Bonchev–Trinajstić information content (AvgIpc) is 2.87. The van der Waals surface area contributed by atoms with Crippen molar-refractivity contribution in [3.63, 3.8) is 0 Å². The summed E-state index contributed by atoms with van der Waals surface area (Å²) in [5, 5.41) is 17.1. The van der Waals surface area contributed by atoms with Crippen molar-refractivity contribution >= 4 is 17.3 Å². The molecular formula is C11H11N3O4. The molecule has 2 rings (SSSR count). The number of para-hydroxylation sites is 1. The predicted molar refractivity (Wildman–Crippen MR) is 63.2 cm³/mol. The van der Waals surface area contributed by atoms with Gasteiger partial charge in [-0.3, -0.25) is 14.9 Å². The molecular weight excluding hydrogens is 238 g/mol. The minimum atomic E-state index is -0.718. The Labute approximate surface area is 103 Å². The van der Waals surface area contributed by atoms with Crippen molar-refractivity contribution in [2.75, 3.05) is 7.05 Å². The number of hydrogen-bond acceptors (Lipinski definition) is 5. The highest BCUT2D eigenvalue weighted by molar-refractivity contribution is 6.06. The van der Waals surface area contributed by atoms with Crippen molar-refractivity contribution in [3.8, 4) is 0 Å². The third-order valence-corrected chi connectivity index (χ3v) is 2.62. The molecule has 1 N–H and O–H groups in total. The van der Waals surface area contributed by atoms with Crippen molar-refractivity contribution in [2.24, 2.45) is 5.16 Å². The van der Waals surface area contributed by atoms with E-state index in [1.165, 1.54) is 13.1 Å². The Morgan fingerprint density at radius 1 is 1.56 bits per heavy atom. The molecule has 0 saturated carbocycles. The molecule has 0 aromatic heterocycles. The lowest BCUT2D eigenvalue weighted by Crippen LogP contribution is -2.31. The number of hydrogen-bond donors (Lipinski definition) is 1. The SMILES string of the molecule is CNC(=O)[C@@H]1CC(c2ccccc2[N+](=O)[O-])=NO1. The van der Waals surface area contributed by atoms with Crippen LogP contribution in [-0.2, 0) is 9.63 Å². The van der Waals surface area contributed by atoms with E-state index in [2.05, 4.69) is 10.5 Å². The average molecular weight is 249 g/mol. The maximum Gasteiger partial charge on any atom is 0.278 e. The molecule has 0 fully saturated rings. The van der Waals surface area contributed by atoms with Crippen LogP contribution < -0.4 is 5.32 Å². The first-order valence-electron chi connectivity index (χ1n) is 5.31. The van der Waals surface area contributed by atoms with Crippen LogP contribution in [-0.4, -0.2) is 29.7 Å². The fourth-order valence-corrected chi connectivity index (χ4v) is 1.71. The van der Waals surface area contributed by atoms with E-state index in [1.54, 1.807) is 18.2 Å². The molecule has 94 valence electrons. The van der Waals surface area contributed by atoms with Gasteiger partial charge in [0.25, 0.3) is 11.6 Å². The summed E-state index contributed by atoms with van der Waals surface area (Å²) in [7, 11) is 1.49. The van der Waals surface area contributed by atoms with E-state index in [0.29, 0.717) is 11.3 Å². The summed E-state index contributed by atoms with van der Waals surface area (Å²) in [4.78, 5) is 26.7. The molecule has 1 heterocycles. The Morgan fingerprint density at radius 3 is 2.94 bits per heavy atom. The number of likely N-dealkylation sites (N-methyl/N-ethyl adjacent to an activating group) is 1. The van der Waals surface area contributed by atoms with Crippen LogP contribution in [0.2, 0.25) is 0 Å². The van der Waals surface area contributed by atoms with Crippen LogP contribution in [0.4, 0.5) is 5.69 Å². The quantitative estimate of drug-likeness (QED) is 0.634. The Bertz CT molecular complexity index is 527. The van der Waals surface area contributed by atoms with E-state index in [4.69, 9.17) is 4.84 Å². The predicted octanol–water partition coefficient (Wildman–Crippen LogP) is 0.834. The number of nitro benzene ring substituents is 1. The number of oxime groups is 1. The van der Waals surface area contributed by atoms with Gasteiger partial charge in [0.05, 0.1) is 16.2 Å². The molecule has 0 bridgehead atoms. The second-order valence-corrected chi connectivity index (χ2v) is 3.72. The molecule has 1 aliphatic rings. The molecule has 1 aromatic carbocycles. The topological polar surface area (TPSA) is 93.8 Å². The van der Waals surface area contributed by atoms with Crippen LogP contribution in [0, 0.1) is 10.1 Å². The van der Waals surface area contributed by atoms with Gasteiger partial charge in [0.15, 0.2) is 0 Å². The summed E-state index contributed by atoms with van der Waals surface area (Å²) in [5.74, 6) is -0.299. The Kier molecular flexibility index (Phi) is 3.22. The molecule has 1 aliphatic heterocycles. The van der Waals surface area contributed by atoms with Crippen molar-refractivity contribution < 1.29 is 14.6 Å². The summed E-state index contributed by atoms with van der Waals surface area (Å²) in [5.41, 5.74) is 0.752. The fourth-order valence-electron chi connectivity index (χ4n) is 1.71. The minimum Gasteiger partial charge on any atom is -0.382 e. The first-order chi connectivity index (χ1) is 8.63. The van der Waals surface area contributed by atoms with Gasteiger partial charge in [-0.1, -0.05) is 17.3 Å². The van der Waals surface area contributed by atoms with E-state index in [0.717, 1.165) is 0 Å². The van der Waals surface area contributed by atoms with E-state index in [1.807, 2.05) is 0 Å². The van der Waals surface area contributed by atoms with Gasteiger partial charge in [0.1, 0.15) is 0 Å². The standard InChI is InChI=1S/C11H11N3O4/c1-12-11(15)10-6-8(13-18-10)7-4-2-3-5-9(7)14(16)17/h2-5,10H,6H2,1H3,(H,12,15)/t10-/m0/s1. The zero-order valence-corrected chi connectivity index (χ0v) is 9.62. The summed E-state index contributed by atoms with van der Waals surface area (Å²) < 4.78 is 0. The number of rotatable bonds is 3. The highest BCUT2D eigenvalue weighted by atomic mass is 16.6.